The first-order valence-electron chi connectivity index (χ1n) is 6.94. The largest absolute Gasteiger partial charge is 0.480 e. The number of aromatic nitrogens is 2. The zero-order valence-electron chi connectivity index (χ0n) is 11.2. The molecule has 104 valence electrons. The molecule has 0 radical (unpaired) electrons. The fourth-order valence-electron chi connectivity index (χ4n) is 2.83. The molecule has 1 aliphatic carbocycles. The van der Waals surface area contributed by atoms with E-state index >= 15 is 0 Å². The summed E-state index contributed by atoms with van der Waals surface area (Å²) >= 11 is 0. The number of carboxylic acids is 1. The molecule has 20 heavy (non-hydrogen) atoms. The summed E-state index contributed by atoms with van der Waals surface area (Å²) in [5, 5.41) is 10.1. The number of hydrogen-bond acceptors (Lipinski definition) is 4. The lowest BCUT2D eigenvalue weighted by Gasteiger charge is -2.27. The first-order chi connectivity index (χ1) is 9.74. The number of nitrogens with zero attached hydrogens (tertiary/aromatic N) is 3. The highest BCUT2D eigenvalue weighted by atomic mass is 16.4. The molecular weight excluding hydrogens is 254 g/mol. The topological polar surface area (TPSA) is 66.3 Å². The third-order valence-corrected chi connectivity index (χ3v) is 3.80. The van der Waals surface area contributed by atoms with Crippen LogP contribution in [0.3, 0.4) is 0 Å². The van der Waals surface area contributed by atoms with Gasteiger partial charge in [-0.25, -0.2) is 9.97 Å². The highest BCUT2D eigenvalue weighted by Crippen LogP contribution is 2.26. The number of aliphatic carboxylic acids is 1. The molecule has 0 amide bonds. The van der Waals surface area contributed by atoms with E-state index < -0.39 is 5.97 Å². The number of benzene rings is 1. The Balaban J connectivity index is 1.96. The zero-order valence-corrected chi connectivity index (χ0v) is 11.2. The van der Waals surface area contributed by atoms with E-state index in [4.69, 9.17) is 5.11 Å². The predicted molar refractivity (Wildman–Crippen MR) is 76.8 cm³/mol. The summed E-state index contributed by atoms with van der Waals surface area (Å²) in [6.07, 6.45) is 6.09. The molecule has 0 spiro atoms. The molecule has 1 saturated carbocycles. The van der Waals surface area contributed by atoms with Crippen LogP contribution in [0.2, 0.25) is 0 Å². The number of carboxylic acid groups (broad SMARTS) is 1. The third kappa shape index (κ3) is 2.57. The van der Waals surface area contributed by atoms with Crippen molar-refractivity contribution in [3.63, 3.8) is 0 Å². The fourth-order valence-corrected chi connectivity index (χ4v) is 2.83. The normalized spacial score (nSPS) is 15.6. The van der Waals surface area contributed by atoms with Gasteiger partial charge in [0.2, 0.25) is 5.95 Å². The SMILES string of the molecule is O=C(O)CN(c1ncc2ccccc2n1)C1CCCC1. The van der Waals surface area contributed by atoms with Crippen molar-refractivity contribution in [3.8, 4) is 0 Å². The van der Waals surface area contributed by atoms with Crippen molar-refractivity contribution in [1.82, 2.24) is 9.97 Å². The molecule has 2 aromatic rings. The van der Waals surface area contributed by atoms with Crippen LogP contribution in [0.25, 0.3) is 10.9 Å². The van der Waals surface area contributed by atoms with Gasteiger partial charge in [0.1, 0.15) is 6.54 Å². The van der Waals surface area contributed by atoms with Crippen molar-refractivity contribution < 1.29 is 9.90 Å². The van der Waals surface area contributed by atoms with Gasteiger partial charge in [-0.05, 0) is 18.9 Å². The van der Waals surface area contributed by atoms with E-state index in [-0.39, 0.29) is 12.6 Å². The van der Waals surface area contributed by atoms with Gasteiger partial charge in [0, 0.05) is 17.6 Å². The average molecular weight is 271 g/mol. The highest BCUT2D eigenvalue weighted by Gasteiger charge is 2.26. The molecule has 0 atom stereocenters. The van der Waals surface area contributed by atoms with Crippen LogP contribution in [0, 0.1) is 0 Å². The van der Waals surface area contributed by atoms with Crippen molar-refractivity contribution in [1.29, 1.82) is 0 Å². The van der Waals surface area contributed by atoms with Gasteiger partial charge in [-0.2, -0.15) is 0 Å². The van der Waals surface area contributed by atoms with Crippen LogP contribution in [0.5, 0.6) is 0 Å². The molecule has 0 aliphatic heterocycles. The Hall–Kier alpha value is -2.17. The van der Waals surface area contributed by atoms with E-state index in [9.17, 15) is 4.79 Å². The molecule has 1 heterocycles. The van der Waals surface area contributed by atoms with Gasteiger partial charge >= 0.3 is 5.97 Å². The fraction of sp³-hybridized carbons (Fsp3) is 0.400. The number of hydrogen-bond donors (Lipinski definition) is 1. The van der Waals surface area contributed by atoms with Gasteiger partial charge < -0.3 is 10.0 Å². The van der Waals surface area contributed by atoms with Crippen molar-refractivity contribution >= 4 is 22.8 Å². The predicted octanol–water partition coefficient (Wildman–Crippen LogP) is 2.46. The Morgan fingerprint density at radius 1 is 1.30 bits per heavy atom. The van der Waals surface area contributed by atoms with Gasteiger partial charge in [-0.1, -0.05) is 31.0 Å². The van der Waals surface area contributed by atoms with E-state index in [1.54, 1.807) is 6.20 Å². The Morgan fingerprint density at radius 2 is 2.05 bits per heavy atom. The summed E-state index contributed by atoms with van der Waals surface area (Å²) in [5.41, 5.74) is 0.853. The van der Waals surface area contributed by atoms with Crippen LogP contribution >= 0.6 is 0 Å². The Labute approximate surface area is 117 Å². The maximum atomic E-state index is 11.1. The minimum absolute atomic E-state index is 0.0387. The number of anilines is 1. The van der Waals surface area contributed by atoms with Crippen molar-refractivity contribution in [2.75, 3.05) is 11.4 Å². The second-order valence-electron chi connectivity index (χ2n) is 5.19. The van der Waals surface area contributed by atoms with Crippen molar-refractivity contribution in [3.05, 3.63) is 30.5 Å². The lowest BCUT2D eigenvalue weighted by Crippen LogP contribution is -2.38. The number of fused-ring (bicyclic) bond motifs is 1. The van der Waals surface area contributed by atoms with E-state index in [1.807, 2.05) is 29.2 Å². The molecule has 1 fully saturated rings. The molecule has 0 unspecified atom stereocenters. The molecule has 1 aromatic carbocycles. The summed E-state index contributed by atoms with van der Waals surface area (Å²) in [6.45, 7) is -0.0387. The second kappa shape index (κ2) is 5.45. The quantitative estimate of drug-likeness (QED) is 0.925. The Kier molecular flexibility index (Phi) is 3.50. The maximum Gasteiger partial charge on any atom is 0.323 e. The summed E-state index contributed by atoms with van der Waals surface area (Å²) in [7, 11) is 0. The average Bonchev–Trinajstić information content (AvgIpc) is 2.98. The molecule has 5 heteroatoms. The van der Waals surface area contributed by atoms with Crippen molar-refractivity contribution in [2.24, 2.45) is 0 Å². The van der Waals surface area contributed by atoms with Crippen LogP contribution < -0.4 is 4.90 Å². The van der Waals surface area contributed by atoms with Crippen molar-refractivity contribution in [2.45, 2.75) is 31.7 Å². The molecule has 5 nitrogen and oxygen atoms in total. The van der Waals surface area contributed by atoms with Crippen LogP contribution in [0.15, 0.2) is 30.5 Å². The molecule has 0 saturated heterocycles. The van der Waals surface area contributed by atoms with E-state index in [2.05, 4.69) is 9.97 Å². The molecule has 1 aromatic heterocycles. The van der Waals surface area contributed by atoms with Gasteiger partial charge in [0.15, 0.2) is 0 Å². The smallest absolute Gasteiger partial charge is 0.323 e. The lowest BCUT2D eigenvalue weighted by molar-refractivity contribution is -0.135. The summed E-state index contributed by atoms with van der Waals surface area (Å²) in [6, 6.07) is 7.99. The Morgan fingerprint density at radius 3 is 2.80 bits per heavy atom. The Bertz CT molecular complexity index is 623. The zero-order chi connectivity index (χ0) is 13.9. The number of carbonyl (C=O) groups is 1. The van der Waals surface area contributed by atoms with Crippen LogP contribution in [0.4, 0.5) is 5.95 Å². The first-order valence-corrected chi connectivity index (χ1v) is 6.94. The van der Waals surface area contributed by atoms with E-state index in [1.165, 1.54) is 0 Å². The summed E-state index contributed by atoms with van der Waals surface area (Å²) < 4.78 is 0. The van der Waals surface area contributed by atoms with Crippen LogP contribution in [0.1, 0.15) is 25.7 Å². The number of para-hydroxylation sites is 1. The van der Waals surface area contributed by atoms with Gasteiger partial charge in [-0.3, -0.25) is 4.79 Å². The van der Waals surface area contributed by atoms with Gasteiger partial charge in [0.25, 0.3) is 0 Å². The maximum absolute atomic E-state index is 11.1. The van der Waals surface area contributed by atoms with Crippen LogP contribution in [-0.4, -0.2) is 33.6 Å². The lowest BCUT2D eigenvalue weighted by atomic mass is 10.2. The van der Waals surface area contributed by atoms with E-state index in [0.717, 1.165) is 36.6 Å². The second-order valence-corrected chi connectivity index (χ2v) is 5.19. The standard InChI is InChI=1S/C15H17N3O2/c19-14(20)10-18(12-6-2-3-7-12)15-16-9-11-5-1-4-8-13(11)17-15/h1,4-5,8-9,12H,2-3,6-7,10H2,(H,19,20). The van der Waals surface area contributed by atoms with Gasteiger partial charge in [0.05, 0.1) is 5.52 Å². The summed E-state index contributed by atoms with van der Waals surface area (Å²) in [5.74, 6) is -0.313. The minimum Gasteiger partial charge on any atom is -0.480 e. The molecule has 3 rings (SSSR count). The highest BCUT2D eigenvalue weighted by molar-refractivity contribution is 5.79. The van der Waals surface area contributed by atoms with Gasteiger partial charge in [-0.15, -0.1) is 0 Å². The van der Waals surface area contributed by atoms with Crippen LogP contribution in [-0.2, 0) is 4.79 Å². The first kappa shape index (κ1) is 12.8. The summed E-state index contributed by atoms with van der Waals surface area (Å²) in [4.78, 5) is 21.8. The molecule has 0 bridgehead atoms. The monoisotopic (exact) mass is 271 g/mol. The number of rotatable bonds is 4. The molecule has 1 aliphatic rings. The molecular formula is C15H17N3O2. The third-order valence-electron chi connectivity index (χ3n) is 3.80. The molecule has 1 N–H and O–H groups in total. The van der Waals surface area contributed by atoms with E-state index in [0.29, 0.717) is 5.95 Å². The minimum atomic E-state index is -0.839.